The van der Waals surface area contributed by atoms with Gasteiger partial charge in [-0.2, -0.15) is 5.26 Å². The number of nitrogens with zero attached hydrogens (tertiary/aromatic N) is 1. The van der Waals surface area contributed by atoms with Gasteiger partial charge in [0.25, 0.3) is 0 Å². The lowest BCUT2D eigenvalue weighted by Gasteiger charge is -2.29. The second-order valence-electron chi connectivity index (χ2n) is 10.7. The molecule has 1 aliphatic rings. The molecule has 4 rings (SSSR count). The van der Waals surface area contributed by atoms with E-state index in [4.69, 9.17) is 5.26 Å². The normalized spacial score (nSPS) is 17.6. The Kier molecular flexibility index (Phi) is 9.74. The van der Waals surface area contributed by atoms with E-state index in [1.165, 1.54) is 87.0 Å². The second-order valence-corrected chi connectivity index (χ2v) is 10.7. The minimum Gasteiger partial charge on any atom is -0.206 e. The van der Waals surface area contributed by atoms with Crippen molar-refractivity contribution in [3.8, 4) is 17.2 Å². The zero-order chi connectivity index (χ0) is 25.2. The number of unbranched alkanes of at least 4 members (excludes halogenated alkanes) is 4. The first-order valence-electron chi connectivity index (χ1n) is 14.0. The average Bonchev–Trinajstić information content (AvgIpc) is 2.93. The number of halogens is 1. The third-order valence-electron chi connectivity index (χ3n) is 8.08. The zero-order valence-corrected chi connectivity index (χ0v) is 21.8. The fourth-order valence-corrected chi connectivity index (χ4v) is 5.74. The fraction of sp³-hybridized carbons (Fsp3) is 0.441. The maximum atomic E-state index is 14.3. The molecule has 0 saturated heterocycles. The van der Waals surface area contributed by atoms with Crippen LogP contribution in [0.25, 0.3) is 11.1 Å². The van der Waals surface area contributed by atoms with Crippen LogP contribution in [-0.4, -0.2) is 0 Å². The van der Waals surface area contributed by atoms with Gasteiger partial charge in [0.1, 0.15) is 5.82 Å². The second kappa shape index (κ2) is 13.4. The first-order chi connectivity index (χ1) is 17.7. The fourth-order valence-electron chi connectivity index (χ4n) is 5.74. The van der Waals surface area contributed by atoms with Crippen molar-refractivity contribution in [3.63, 3.8) is 0 Å². The molecular formula is C34H40FN. The summed E-state index contributed by atoms with van der Waals surface area (Å²) in [5, 5.41) is 8.93. The summed E-state index contributed by atoms with van der Waals surface area (Å²) in [6.07, 6.45) is 15.9. The van der Waals surface area contributed by atoms with Crippen LogP contribution in [-0.2, 0) is 12.8 Å². The number of benzene rings is 3. The Bertz CT molecular complexity index is 1120. The molecule has 188 valence electrons. The molecule has 0 amide bonds. The van der Waals surface area contributed by atoms with Gasteiger partial charge in [0.15, 0.2) is 0 Å². The largest absolute Gasteiger partial charge is 0.206 e. The Morgan fingerprint density at radius 3 is 2.03 bits per heavy atom. The summed E-state index contributed by atoms with van der Waals surface area (Å²) in [4.78, 5) is 0. The molecule has 1 saturated carbocycles. The van der Waals surface area contributed by atoms with E-state index in [0.29, 0.717) is 11.1 Å². The first kappa shape index (κ1) is 26.2. The number of rotatable bonds is 11. The molecule has 3 aromatic rings. The molecule has 0 atom stereocenters. The minimum absolute atomic E-state index is 0.347. The summed E-state index contributed by atoms with van der Waals surface area (Å²) in [7, 11) is 0. The van der Waals surface area contributed by atoms with Crippen LogP contribution < -0.4 is 0 Å². The van der Waals surface area contributed by atoms with Gasteiger partial charge in [0.05, 0.1) is 11.6 Å². The summed E-state index contributed by atoms with van der Waals surface area (Å²) in [6.45, 7) is 2.29. The summed E-state index contributed by atoms with van der Waals surface area (Å²) >= 11 is 0. The van der Waals surface area contributed by atoms with Gasteiger partial charge in [-0.05, 0) is 84.7 Å². The molecule has 0 radical (unpaired) electrons. The van der Waals surface area contributed by atoms with Crippen LogP contribution in [0.15, 0.2) is 66.7 Å². The number of aryl methyl sites for hydroxylation is 2. The van der Waals surface area contributed by atoms with Crippen LogP contribution in [0, 0.1) is 23.1 Å². The van der Waals surface area contributed by atoms with E-state index in [2.05, 4.69) is 43.3 Å². The SMILES string of the molecule is CCCCCCCC1CCC(c2ccc(CCc3ccc(-c4ccc(C#N)cc4F)cc3)cc2)CC1. The van der Waals surface area contributed by atoms with Crippen LogP contribution in [0.2, 0.25) is 0 Å². The van der Waals surface area contributed by atoms with Crippen LogP contribution >= 0.6 is 0 Å². The van der Waals surface area contributed by atoms with Crippen LogP contribution in [0.3, 0.4) is 0 Å². The quantitative estimate of drug-likeness (QED) is 0.250. The van der Waals surface area contributed by atoms with Crippen LogP contribution in [0.1, 0.15) is 99.3 Å². The molecule has 0 bridgehead atoms. The van der Waals surface area contributed by atoms with Crippen molar-refractivity contribution < 1.29 is 4.39 Å². The Morgan fingerprint density at radius 2 is 1.42 bits per heavy atom. The molecule has 0 aromatic heterocycles. The first-order valence-corrected chi connectivity index (χ1v) is 14.0. The highest BCUT2D eigenvalue weighted by Crippen LogP contribution is 2.38. The summed E-state index contributed by atoms with van der Waals surface area (Å²) in [5.41, 5.74) is 5.88. The molecule has 0 unspecified atom stereocenters. The lowest BCUT2D eigenvalue weighted by molar-refractivity contribution is 0.302. The van der Waals surface area contributed by atoms with Gasteiger partial charge in [-0.15, -0.1) is 0 Å². The third-order valence-corrected chi connectivity index (χ3v) is 8.08. The van der Waals surface area contributed by atoms with Crippen molar-refractivity contribution >= 4 is 0 Å². The smallest absolute Gasteiger partial charge is 0.132 e. The third kappa shape index (κ3) is 7.30. The van der Waals surface area contributed by atoms with E-state index < -0.39 is 0 Å². The van der Waals surface area contributed by atoms with Gasteiger partial charge in [0, 0.05) is 5.56 Å². The maximum absolute atomic E-state index is 14.3. The van der Waals surface area contributed by atoms with Crippen molar-refractivity contribution in [1.82, 2.24) is 0 Å². The Hall–Kier alpha value is -2.92. The summed E-state index contributed by atoms with van der Waals surface area (Å²) in [6, 6.07) is 24.1. The monoisotopic (exact) mass is 481 g/mol. The van der Waals surface area contributed by atoms with Gasteiger partial charge in [-0.3, -0.25) is 0 Å². The molecular weight excluding hydrogens is 441 g/mol. The highest BCUT2D eigenvalue weighted by atomic mass is 19.1. The summed E-state index contributed by atoms with van der Waals surface area (Å²) < 4.78 is 14.3. The lowest BCUT2D eigenvalue weighted by Crippen LogP contribution is -2.13. The van der Waals surface area contributed by atoms with Gasteiger partial charge >= 0.3 is 0 Å². The standard InChI is InChI=1S/C34H40FN/c1-2-3-4-5-6-7-26-10-17-30(18-11-26)31-19-12-27(13-20-31)8-9-28-14-21-32(22-15-28)33-23-16-29(25-36)24-34(33)35/h12-16,19-24,26,30H,2-11,17-18H2,1H3. The number of hydrogen-bond donors (Lipinski definition) is 0. The number of nitriles is 1. The van der Waals surface area contributed by atoms with Gasteiger partial charge in [-0.25, -0.2) is 4.39 Å². The Balaban J connectivity index is 1.23. The van der Waals surface area contributed by atoms with Crippen LogP contribution in [0.4, 0.5) is 4.39 Å². The molecule has 1 fully saturated rings. The van der Waals surface area contributed by atoms with Crippen molar-refractivity contribution in [2.24, 2.45) is 5.92 Å². The predicted molar refractivity (Wildman–Crippen MR) is 148 cm³/mol. The van der Waals surface area contributed by atoms with E-state index in [1.807, 2.05) is 18.2 Å². The molecule has 0 spiro atoms. The van der Waals surface area contributed by atoms with Crippen molar-refractivity contribution in [1.29, 1.82) is 5.26 Å². The Labute approximate surface area is 217 Å². The molecule has 2 heteroatoms. The predicted octanol–water partition coefficient (Wildman–Crippen LogP) is 9.78. The van der Waals surface area contributed by atoms with E-state index in [9.17, 15) is 4.39 Å². The minimum atomic E-state index is -0.349. The highest BCUT2D eigenvalue weighted by Gasteiger charge is 2.22. The zero-order valence-electron chi connectivity index (χ0n) is 21.8. The van der Waals surface area contributed by atoms with Gasteiger partial charge < -0.3 is 0 Å². The van der Waals surface area contributed by atoms with E-state index in [-0.39, 0.29) is 5.82 Å². The molecule has 1 aliphatic carbocycles. The van der Waals surface area contributed by atoms with Crippen molar-refractivity contribution in [2.45, 2.75) is 89.9 Å². The average molecular weight is 482 g/mol. The molecule has 3 aromatic carbocycles. The van der Waals surface area contributed by atoms with Crippen molar-refractivity contribution in [2.75, 3.05) is 0 Å². The topological polar surface area (TPSA) is 23.8 Å². The van der Waals surface area contributed by atoms with E-state index in [0.717, 1.165) is 30.2 Å². The summed E-state index contributed by atoms with van der Waals surface area (Å²) in [5.74, 6) is 1.35. The van der Waals surface area contributed by atoms with E-state index in [1.54, 1.807) is 12.1 Å². The molecule has 0 heterocycles. The molecule has 0 aliphatic heterocycles. The van der Waals surface area contributed by atoms with E-state index >= 15 is 0 Å². The lowest BCUT2D eigenvalue weighted by atomic mass is 9.77. The van der Waals surface area contributed by atoms with Crippen molar-refractivity contribution in [3.05, 3.63) is 94.8 Å². The molecule has 36 heavy (non-hydrogen) atoms. The highest BCUT2D eigenvalue weighted by molar-refractivity contribution is 5.65. The molecule has 1 nitrogen and oxygen atoms in total. The molecule has 0 N–H and O–H groups in total. The maximum Gasteiger partial charge on any atom is 0.132 e. The Morgan fingerprint density at radius 1 is 0.778 bits per heavy atom. The van der Waals surface area contributed by atoms with Gasteiger partial charge in [0.2, 0.25) is 0 Å². The number of hydrogen-bond acceptors (Lipinski definition) is 1. The van der Waals surface area contributed by atoms with Crippen LogP contribution in [0.5, 0.6) is 0 Å². The van der Waals surface area contributed by atoms with Gasteiger partial charge in [-0.1, -0.05) is 100 Å².